The summed E-state index contributed by atoms with van der Waals surface area (Å²) in [4.78, 5) is 38.1. The zero-order valence-corrected chi connectivity index (χ0v) is 17.4. The number of hydrogen-bond acceptors (Lipinski definition) is 5. The van der Waals surface area contributed by atoms with Crippen molar-refractivity contribution in [2.45, 2.75) is 12.6 Å². The van der Waals surface area contributed by atoms with E-state index in [9.17, 15) is 24.8 Å². The lowest BCUT2D eigenvalue weighted by Gasteiger charge is -2.25. The van der Waals surface area contributed by atoms with Crippen LogP contribution in [0.3, 0.4) is 0 Å². The second-order valence-corrected chi connectivity index (χ2v) is 7.71. The fourth-order valence-corrected chi connectivity index (χ4v) is 3.87. The molecule has 32 heavy (non-hydrogen) atoms. The number of aliphatic hydroxyl groups excluding tert-OH is 1. The van der Waals surface area contributed by atoms with E-state index in [1.165, 1.54) is 35.2 Å². The Bertz CT molecular complexity index is 1240. The molecule has 0 aliphatic carbocycles. The highest BCUT2D eigenvalue weighted by Gasteiger charge is 2.46. The summed E-state index contributed by atoms with van der Waals surface area (Å²) in [6.45, 7) is 0.0934. The number of halogens is 1. The summed E-state index contributed by atoms with van der Waals surface area (Å²) < 4.78 is 0. The summed E-state index contributed by atoms with van der Waals surface area (Å²) in [7, 11) is 0. The second-order valence-electron chi connectivity index (χ2n) is 7.27. The standard InChI is InChI=1S/C24H17ClN2O5/c25-18-11-9-16(10-12-18)22(28)20-21(17-7-4-8-19(13-17)27(31)32)26(24(30)23(20)29)14-15-5-2-1-3-6-15/h1-13,21,28H,14H2. The number of aliphatic hydroxyl groups is 1. The van der Waals surface area contributed by atoms with Gasteiger partial charge in [-0.3, -0.25) is 19.7 Å². The van der Waals surface area contributed by atoms with E-state index in [4.69, 9.17) is 11.6 Å². The normalized spacial score (nSPS) is 17.5. The van der Waals surface area contributed by atoms with E-state index < -0.39 is 22.7 Å². The first-order chi connectivity index (χ1) is 15.4. The lowest BCUT2D eigenvalue weighted by molar-refractivity contribution is -0.384. The Morgan fingerprint density at radius 3 is 2.34 bits per heavy atom. The summed E-state index contributed by atoms with van der Waals surface area (Å²) in [5.41, 5.74) is 1.12. The van der Waals surface area contributed by atoms with E-state index in [1.807, 2.05) is 30.3 Å². The van der Waals surface area contributed by atoms with E-state index in [2.05, 4.69) is 0 Å². The van der Waals surface area contributed by atoms with Gasteiger partial charge in [-0.2, -0.15) is 0 Å². The number of amides is 1. The molecule has 1 fully saturated rings. The lowest BCUT2D eigenvalue weighted by atomic mass is 9.95. The number of carbonyl (C=O) groups is 2. The van der Waals surface area contributed by atoms with Gasteiger partial charge < -0.3 is 10.0 Å². The maximum absolute atomic E-state index is 13.0. The van der Waals surface area contributed by atoms with Crippen molar-refractivity contribution in [3.8, 4) is 0 Å². The van der Waals surface area contributed by atoms with Crippen molar-refractivity contribution in [2.24, 2.45) is 0 Å². The van der Waals surface area contributed by atoms with E-state index in [1.54, 1.807) is 18.2 Å². The molecule has 1 heterocycles. The molecule has 4 rings (SSSR count). The Kier molecular flexibility index (Phi) is 5.75. The highest BCUT2D eigenvalue weighted by atomic mass is 35.5. The fraction of sp³-hybridized carbons (Fsp3) is 0.0833. The largest absolute Gasteiger partial charge is 0.507 e. The van der Waals surface area contributed by atoms with Crippen LogP contribution in [0.5, 0.6) is 0 Å². The number of rotatable bonds is 5. The molecule has 1 aliphatic rings. The Morgan fingerprint density at radius 1 is 1.00 bits per heavy atom. The predicted molar refractivity (Wildman–Crippen MR) is 119 cm³/mol. The maximum atomic E-state index is 13.0. The zero-order valence-electron chi connectivity index (χ0n) is 16.6. The fourth-order valence-electron chi connectivity index (χ4n) is 3.74. The number of ketones is 1. The Hall–Kier alpha value is -3.97. The average molecular weight is 449 g/mol. The molecule has 8 heteroatoms. The topological polar surface area (TPSA) is 101 Å². The van der Waals surface area contributed by atoms with Gasteiger partial charge in [-0.25, -0.2) is 0 Å². The number of carbonyl (C=O) groups excluding carboxylic acids is 2. The van der Waals surface area contributed by atoms with Gasteiger partial charge >= 0.3 is 0 Å². The highest BCUT2D eigenvalue weighted by molar-refractivity contribution is 6.46. The monoisotopic (exact) mass is 448 g/mol. The zero-order chi connectivity index (χ0) is 22.8. The van der Waals surface area contributed by atoms with Crippen molar-refractivity contribution in [3.63, 3.8) is 0 Å². The minimum Gasteiger partial charge on any atom is -0.507 e. The third-order valence-corrected chi connectivity index (χ3v) is 5.50. The molecule has 1 atom stereocenters. The summed E-state index contributed by atoms with van der Waals surface area (Å²) in [5, 5.41) is 22.8. The highest BCUT2D eigenvalue weighted by Crippen LogP contribution is 2.41. The molecule has 0 bridgehead atoms. The van der Waals surface area contributed by atoms with Gasteiger partial charge in [0.2, 0.25) is 0 Å². The first kappa shape index (κ1) is 21.3. The molecule has 3 aromatic rings. The van der Waals surface area contributed by atoms with Crippen LogP contribution in [0.4, 0.5) is 5.69 Å². The van der Waals surface area contributed by atoms with Gasteiger partial charge in [0.05, 0.1) is 16.5 Å². The van der Waals surface area contributed by atoms with Crippen LogP contribution in [-0.4, -0.2) is 26.6 Å². The molecule has 7 nitrogen and oxygen atoms in total. The summed E-state index contributed by atoms with van der Waals surface area (Å²) in [5.74, 6) is -2.02. The van der Waals surface area contributed by atoms with Crippen molar-refractivity contribution in [2.75, 3.05) is 0 Å². The molecule has 1 N–H and O–H groups in total. The minimum atomic E-state index is -0.995. The van der Waals surface area contributed by atoms with E-state index in [-0.39, 0.29) is 23.6 Å². The Morgan fingerprint density at radius 2 is 1.69 bits per heavy atom. The molecular weight excluding hydrogens is 432 g/mol. The van der Waals surface area contributed by atoms with Crippen LogP contribution in [0.1, 0.15) is 22.7 Å². The number of Topliss-reactive ketones (excluding diaryl/α,β-unsaturated/α-hetero) is 1. The number of hydrogen-bond donors (Lipinski definition) is 1. The predicted octanol–water partition coefficient (Wildman–Crippen LogP) is 4.87. The molecule has 0 aromatic heterocycles. The minimum absolute atomic E-state index is 0.0934. The lowest BCUT2D eigenvalue weighted by Crippen LogP contribution is -2.29. The smallest absolute Gasteiger partial charge is 0.295 e. The molecule has 1 amide bonds. The van der Waals surface area contributed by atoms with Gasteiger partial charge in [0.25, 0.3) is 17.4 Å². The van der Waals surface area contributed by atoms with E-state index in [0.717, 1.165) is 5.56 Å². The van der Waals surface area contributed by atoms with Crippen LogP contribution in [0.15, 0.2) is 84.4 Å². The van der Waals surface area contributed by atoms with E-state index in [0.29, 0.717) is 16.1 Å². The number of nitro benzene ring substituents is 1. The van der Waals surface area contributed by atoms with Crippen LogP contribution in [0, 0.1) is 10.1 Å². The molecule has 160 valence electrons. The van der Waals surface area contributed by atoms with Gasteiger partial charge in [-0.05, 0) is 35.4 Å². The van der Waals surface area contributed by atoms with Gasteiger partial charge in [0.15, 0.2) is 0 Å². The quantitative estimate of drug-likeness (QED) is 0.197. The summed E-state index contributed by atoms with van der Waals surface area (Å²) >= 11 is 5.92. The van der Waals surface area contributed by atoms with Crippen LogP contribution in [0.25, 0.3) is 5.76 Å². The molecule has 0 spiro atoms. The maximum Gasteiger partial charge on any atom is 0.295 e. The van der Waals surface area contributed by atoms with Gasteiger partial charge in [-0.1, -0.05) is 54.1 Å². The SMILES string of the molecule is O=C1C(=O)N(Cc2ccccc2)C(c2cccc([N+](=O)[O-])c2)C1=C(O)c1ccc(Cl)cc1. The summed E-state index contributed by atoms with van der Waals surface area (Å²) in [6.07, 6.45) is 0. The molecule has 1 aliphatic heterocycles. The van der Waals surface area contributed by atoms with Crippen molar-refractivity contribution in [3.05, 3.63) is 116 Å². The van der Waals surface area contributed by atoms with Crippen LogP contribution in [0.2, 0.25) is 5.02 Å². The Labute approximate surface area is 188 Å². The number of nitrogens with zero attached hydrogens (tertiary/aromatic N) is 2. The average Bonchev–Trinajstić information content (AvgIpc) is 3.05. The van der Waals surface area contributed by atoms with Gasteiger partial charge in [0.1, 0.15) is 5.76 Å². The number of likely N-dealkylation sites (tertiary alicyclic amines) is 1. The van der Waals surface area contributed by atoms with Gasteiger partial charge in [-0.15, -0.1) is 0 Å². The third kappa shape index (κ3) is 3.98. The molecule has 0 radical (unpaired) electrons. The van der Waals surface area contributed by atoms with Gasteiger partial charge in [0, 0.05) is 29.3 Å². The first-order valence-electron chi connectivity index (χ1n) is 9.69. The second kappa shape index (κ2) is 8.64. The molecule has 0 saturated carbocycles. The first-order valence-corrected chi connectivity index (χ1v) is 10.1. The number of benzene rings is 3. The van der Waals surface area contributed by atoms with Crippen molar-refractivity contribution in [1.29, 1.82) is 0 Å². The van der Waals surface area contributed by atoms with E-state index >= 15 is 0 Å². The Balaban J connectivity index is 1.89. The molecule has 1 unspecified atom stereocenters. The number of nitro groups is 1. The third-order valence-electron chi connectivity index (χ3n) is 5.25. The van der Waals surface area contributed by atoms with Crippen LogP contribution < -0.4 is 0 Å². The molecule has 3 aromatic carbocycles. The van der Waals surface area contributed by atoms with Crippen molar-refractivity contribution >= 4 is 34.7 Å². The molecular formula is C24H17ClN2O5. The van der Waals surface area contributed by atoms with Crippen molar-refractivity contribution in [1.82, 2.24) is 4.90 Å². The number of non-ortho nitro benzene ring substituents is 1. The summed E-state index contributed by atoms with van der Waals surface area (Å²) in [6, 6.07) is 20.0. The van der Waals surface area contributed by atoms with Crippen LogP contribution in [-0.2, 0) is 16.1 Å². The molecule has 1 saturated heterocycles. The van der Waals surface area contributed by atoms with Crippen molar-refractivity contribution < 1.29 is 19.6 Å². The van der Waals surface area contributed by atoms with Crippen LogP contribution >= 0.6 is 11.6 Å².